The van der Waals surface area contributed by atoms with Crippen LogP contribution in [0.5, 0.6) is 0 Å². The number of hydrogen-bond donors (Lipinski definition) is 1. The molecule has 0 aliphatic carbocycles. The van der Waals surface area contributed by atoms with E-state index in [0.29, 0.717) is 12.6 Å². The molecule has 0 bridgehead atoms. The maximum atomic E-state index is 5.52. The Hall–Kier alpha value is -0.120. The van der Waals surface area contributed by atoms with Gasteiger partial charge in [0.2, 0.25) is 0 Å². The SMILES string of the molecule is NCCCOC1CCCOC1. The molecule has 0 radical (unpaired) electrons. The molecule has 1 atom stereocenters. The Morgan fingerprint density at radius 1 is 1.55 bits per heavy atom. The summed E-state index contributed by atoms with van der Waals surface area (Å²) in [4.78, 5) is 0. The molecule has 1 heterocycles. The van der Waals surface area contributed by atoms with Crippen molar-refractivity contribution < 1.29 is 9.47 Å². The van der Waals surface area contributed by atoms with Crippen molar-refractivity contribution in [2.75, 3.05) is 26.4 Å². The highest BCUT2D eigenvalue weighted by Gasteiger charge is 2.12. The summed E-state index contributed by atoms with van der Waals surface area (Å²) in [6.07, 6.45) is 3.56. The van der Waals surface area contributed by atoms with Crippen molar-refractivity contribution in [2.24, 2.45) is 5.73 Å². The Morgan fingerprint density at radius 2 is 2.45 bits per heavy atom. The molecular weight excluding hydrogens is 142 g/mol. The van der Waals surface area contributed by atoms with Gasteiger partial charge in [0.1, 0.15) is 0 Å². The van der Waals surface area contributed by atoms with Gasteiger partial charge in [0.05, 0.1) is 12.7 Å². The van der Waals surface area contributed by atoms with Gasteiger partial charge < -0.3 is 15.2 Å². The second-order valence-electron chi connectivity index (χ2n) is 2.85. The van der Waals surface area contributed by atoms with Crippen LogP contribution in [0.4, 0.5) is 0 Å². The minimum atomic E-state index is 0.329. The van der Waals surface area contributed by atoms with Gasteiger partial charge in [-0.15, -0.1) is 0 Å². The normalized spacial score (nSPS) is 25.4. The van der Waals surface area contributed by atoms with Gasteiger partial charge in [-0.2, -0.15) is 0 Å². The fraction of sp³-hybridized carbons (Fsp3) is 1.00. The zero-order valence-corrected chi connectivity index (χ0v) is 6.92. The number of nitrogens with two attached hydrogens (primary N) is 1. The molecule has 0 spiro atoms. The van der Waals surface area contributed by atoms with Crippen LogP contribution in [0.15, 0.2) is 0 Å². The first-order chi connectivity index (χ1) is 5.43. The summed E-state index contributed by atoms with van der Waals surface area (Å²) in [6.45, 7) is 3.17. The summed E-state index contributed by atoms with van der Waals surface area (Å²) in [5, 5.41) is 0. The van der Waals surface area contributed by atoms with Crippen LogP contribution in [0.25, 0.3) is 0 Å². The van der Waals surface area contributed by atoms with Gasteiger partial charge >= 0.3 is 0 Å². The molecule has 1 unspecified atom stereocenters. The lowest BCUT2D eigenvalue weighted by molar-refractivity contribution is -0.0499. The highest BCUT2D eigenvalue weighted by Crippen LogP contribution is 2.09. The Bertz CT molecular complexity index is 92.1. The van der Waals surface area contributed by atoms with Gasteiger partial charge in [-0.25, -0.2) is 0 Å². The van der Waals surface area contributed by atoms with Gasteiger partial charge in [0.25, 0.3) is 0 Å². The van der Waals surface area contributed by atoms with Gasteiger partial charge in [0, 0.05) is 13.2 Å². The molecule has 0 aromatic rings. The second kappa shape index (κ2) is 5.52. The third kappa shape index (κ3) is 3.70. The highest BCUT2D eigenvalue weighted by molar-refractivity contribution is 4.61. The Kier molecular flexibility index (Phi) is 4.50. The second-order valence-corrected chi connectivity index (χ2v) is 2.85. The summed E-state index contributed by atoms with van der Waals surface area (Å²) < 4.78 is 10.8. The number of hydrogen-bond acceptors (Lipinski definition) is 3. The fourth-order valence-electron chi connectivity index (χ4n) is 1.18. The van der Waals surface area contributed by atoms with Gasteiger partial charge in [-0.3, -0.25) is 0 Å². The van der Waals surface area contributed by atoms with Crippen LogP contribution in [0.2, 0.25) is 0 Å². The van der Waals surface area contributed by atoms with E-state index in [1.54, 1.807) is 0 Å². The van der Waals surface area contributed by atoms with E-state index in [4.69, 9.17) is 15.2 Å². The van der Waals surface area contributed by atoms with Crippen LogP contribution >= 0.6 is 0 Å². The molecule has 1 rings (SSSR count). The molecule has 1 saturated heterocycles. The maximum absolute atomic E-state index is 5.52. The summed E-state index contributed by atoms with van der Waals surface area (Å²) >= 11 is 0. The summed E-state index contributed by atoms with van der Waals surface area (Å²) in [5.41, 5.74) is 5.33. The van der Waals surface area contributed by atoms with Crippen molar-refractivity contribution in [3.63, 3.8) is 0 Å². The number of rotatable bonds is 4. The quantitative estimate of drug-likeness (QED) is 0.608. The topological polar surface area (TPSA) is 44.5 Å². The van der Waals surface area contributed by atoms with E-state index < -0.39 is 0 Å². The van der Waals surface area contributed by atoms with Crippen molar-refractivity contribution in [1.29, 1.82) is 0 Å². The molecule has 11 heavy (non-hydrogen) atoms. The average molecular weight is 159 g/mol. The Balaban J connectivity index is 1.96. The van der Waals surface area contributed by atoms with E-state index in [1.165, 1.54) is 0 Å². The molecule has 1 fully saturated rings. The molecule has 3 nitrogen and oxygen atoms in total. The van der Waals surface area contributed by atoms with E-state index in [0.717, 1.165) is 39.1 Å². The lowest BCUT2D eigenvalue weighted by Gasteiger charge is -2.22. The van der Waals surface area contributed by atoms with Crippen LogP contribution in [-0.2, 0) is 9.47 Å². The minimum absolute atomic E-state index is 0.329. The predicted octanol–water partition coefficient (Wildman–Crippen LogP) is 0.531. The van der Waals surface area contributed by atoms with Crippen molar-refractivity contribution in [2.45, 2.75) is 25.4 Å². The van der Waals surface area contributed by atoms with Crippen LogP contribution in [-0.4, -0.2) is 32.5 Å². The van der Waals surface area contributed by atoms with E-state index in [1.807, 2.05) is 0 Å². The molecule has 1 aliphatic rings. The summed E-state index contributed by atoms with van der Waals surface area (Å²) in [5.74, 6) is 0. The first-order valence-electron chi connectivity index (χ1n) is 4.33. The number of ether oxygens (including phenoxy) is 2. The van der Waals surface area contributed by atoms with E-state index in [-0.39, 0.29) is 0 Å². The van der Waals surface area contributed by atoms with E-state index in [9.17, 15) is 0 Å². The van der Waals surface area contributed by atoms with Crippen LogP contribution in [0.1, 0.15) is 19.3 Å². The van der Waals surface area contributed by atoms with Crippen molar-refractivity contribution in [1.82, 2.24) is 0 Å². The van der Waals surface area contributed by atoms with E-state index >= 15 is 0 Å². The van der Waals surface area contributed by atoms with Crippen LogP contribution in [0, 0.1) is 0 Å². The minimum Gasteiger partial charge on any atom is -0.379 e. The molecule has 3 heteroatoms. The monoisotopic (exact) mass is 159 g/mol. The van der Waals surface area contributed by atoms with Crippen molar-refractivity contribution in [3.8, 4) is 0 Å². The highest BCUT2D eigenvalue weighted by atomic mass is 16.5. The Morgan fingerprint density at radius 3 is 3.09 bits per heavy atom. The van der Waals surface area contributed by atoms with Crippen molar-refractivity contribution >= 4 is 0 Å². The summed E-state index contributed by atoms with van der Waals surface area (Å²) in [7, 11) is 0. The third-order valence-electron chi connectivity index (χ3n) is 1.82. The van der Waals surface area contributed by atoms with Crippen LogP contribution < -0.4 is 5.73 Å². The molecule has 0 saturated carbocycles. The lowest BCUT2D eigenvalue weighted by Crippen LogP contribution is -2.26. The molecule has 2 N–H and O–H groups in total. The van der Waals surface area contributed by atoms with Gasteiger partial charge in [-0.1, -0.05) is 0 Å². The molecule has 1 aliphatic heterocycles. The first-order valence-corrected chi connectivity index (χ1v) is 4.33. The van der Waals surface area contributed by atoms with Gasteiger partial charge in [-0.05, 0) is 25.8 Å². The zero-order chi connectivity index (χ0) is 7.94. The molecule has 0 aromatic carbocycles. The molecule has 0 amide bonds. The molecule has 0 aromatic heterocycles. The first kappa shape index (κ1) is 8.97. The standard InChI is InChI=1S/C8H17NO2/c9-4-2-6-11-8-3-1-5-10-7-8/h8H,1-7,9H2. The maximum Gasteiger partial charge on any atom is 0.0809 e. The largest absolute Gasteiger partial charge is 0.379 e. The van der Waals surface area contributed by atoms with Crippen LogP contribution in [0.3, 0.4) is 0 Å². The third-order valence-corrected chi connectivity index (χ3v) is 1.82. The molecular formula is C8H17NO2. The smallest absolute Gasteiger partial charge is 0.0809 e. The van der Waals surface area contributed by atoms with Crippen molar-refractivity contribution in [3.05, 3.63) is 0 Å². The fourth-order valence-corrected chi connectivity index (χ4v) is 1.18. The Labute approximate surface area is 67.9 Å². The predicted molar refractivity (Wildman–Crippen MR) is 43.5 cm³/mol. The van der Waals surface area contributed by atoms with E-state index in [2.05, 4.69) is 0 Å². The average Bonchev–Trinajstić information content (AvgIpc) is 2.07. The summed E-state index contributed by atoms with van der Waals surface area (Å²) in [6, 6.07) is 0. The van der Waals surface area contributed by atoms with Gasteiger partial charge in [0.15, 0.2) is 0 Å². The zero-order valence-electron chi connectivity index (χ0n) is 6.92. The lowest BCUT2D eigenvalue weighted by atomic mass is 10.2. The molecule has 66 valence electrons.